The molecule has 0 aliphatic heterocycles. The van der Waals surface area contributed by atoms with Crippen molar-refractivity contribution in [1.82, 2.24) is 0 Å². The molecular weight excluding hydrogens is 242 g/mol. The molecular formula is C15H17NO3. The number of hydrogen-bond acceptors (Lipinski definition) is 3. The van der Waals surface area contributed by atoms with Crippen molar-refractivity contribution in [1.29, 1.82) is 0 Å². The highest BCUT2D eigenvalue weighted by Gasteiger charge is 2.19. The molecule has 0 amide bonds. The van der Waals surface area contributed by atoms with Crippen molar-refractivity contribution in [3.63, 3.8) is 0 Å². The summed E-state index contributed by atoms with van der Waals surface area (Å²) in [5.74, 6) is -0.0573. The number of methoxy groups -OCH3 is 1. The Morgan fingerprint density at radius 1 is 1.21 bits per heavy atom. The molecule has 0 aliphatic rings. The van der Waals surface area contributed by atoms with Crippen molar-refractivity contribution >= 4 is 22.4 Å². The Labute approximate surface area is 112 Å². The van der Waals surface area contributed by atoms with E-state index in [1.165, 1.54) is 0 Å². The number of likely N-dealkylation sites (N-methyl/N-ethyl adjacent to an activating group) is 1. The summed E-state index contributed by atoms with van der Waals surface area (Å²) < 4.78 is 5.34. The lowest BCUT2D eigenvalue weighted by molar-refractivity contribution is -0.138. The van der Waals surface area contributed by atoms with Crippen LogP contribution in [0.25, 0.3) is 10.8 Å². The predicted octanol–water partition coefficient (Wildman–Crippen LogP) is 2.76. The summed E-state index contributed by atoms with van der Waals surface area (Å²) in [7, 11) is 3.41. The number of ether oxygens (including phenoxy) is 1. The van der Waals surface area contributed by atoms with Crippen LogP contribution in [0.1, 0.15) is 6.92 Å². The average molecular weight is 259 g/mol. The Morgan fingerprint density at radius 3 is 2.47 bits per heavy atom. The Bertz CT molecular complexity index is 609. The lowest BCUT2D eigenvalue weighted by atomic mass is 10.1. The molecule has 100 valence electrons. The van der Waals surface area contributed by atoms with Crippen LogP contribution in [-0.2, 0) is 4.79 Å². The minimum Gasteiger partial charge on any atom is -0.496 e. The molecule has 0 fully saturated rings. The van der Waals surface area contributed by atoms with Gasteiger partial charge in [-0.25, -0.2) is 4.79 Å². The first kappa shape index (κ1) is 13.2. The molecule has 0 saturated carbocycles. The molecule has 0 spiro atoms. The Balaban J connectivity index is 2.58. The predicted molar refractivity (Wildman–Crippen MR) is 76.0 cm³/mol. The molecule has 0 aromatic heterocycles. The molecule has 2 aromatic rings. The third-order valence-corrected chi connectivity index (χ3v) is 3.40. The van der Waals surface area contributed by atoms with Crippen LogP contribution in [0.4, 0.5) is 5.69 Å². The summed E-state index contributed by atoms with van der Waals surface area (Å²) in [6.45, 7) is 1.67. The van der Waals surface area contributed by atoms with E-state index in [-0.39, 0.29) is 0 Å². The SMILES string of the molecule is COc1cccc2c(N(C)C(C)C(=O)O)cccc12. The second-order valence-corrected chi connectivity index (χ2v) is 4.46. The van der Waals surface area contributed by atoms with Crippen LogP contribution >= 0.6 is 0 Å². The quantitative estimate of drug-likeness (QED) is 0.917. The highest BCUT2D eigenvalue weighted by atomic mass is 16.5. The highest BCUT2D eigenvalue weighted by Crippen LogP contribution is 2.32. The molecule has 4 nitrogen and oxygen atoms in total. The Kier molecular flexibility index (Phi) is 3.60. The normalized spacial score (nSPS) is 12.2. The van der Waals surface area contributed by atoms with Crippen molar-refractivity contribution in [2.75, 3.05) is 19.1 Å². The van der Waals surface area contributed by atoms with Gasteiger partial charge in [0.15, 0.2) is 0 Å². The minimum atomic E-state index is -0.845. The summed E-state index contributed by atoms with van der Waals surface area (Å²) in [5, 5.41) is 11.1. The zero-order chi connectivity index (χ0) is 14.0. The molecule has 1 atom stereocenters. The maximum absolute atomic E-state index is 11.1. The van der Waals surface area contributed by atoms with Crippen molar-refractivity contribution in [3.05, 3.63) is 36.4 Å². The lowest BCUT2D eigenvalue weighted by Gasteiger charge is -2.25. The second kappa shape index (κ2) is 5.18. The topological polar surface area (TPSA) is 49.8 Å². The summed E-state index contributed by atoms with van der Waals surface area (Å²) in [5.41, 5.74) is 0.881. The lowest BCUT2D eigenvalue weighted by Crippen LogP contribution is -2.35. The van der Waals surface area contributed by atoms with Crippen LogP contribution in [0.3, 0.4) is 0 Å². The molecule has 2 aromatic carbocycles. The van der Waals surface area contributed by atoms with Gasteiger partial charge in [-0.2, -0.15) is 0 Å². The minimum absolute atomic E-state index is 0.586. The van der Waals surface area contributed by atoms with Gasteiger partial charge in [-0.15, -0.1) is 0 Å². The van der Waals surface area contributed by atoms with Gasteiger partial charge in [-0.3, -0.25) is 0 Å². The van der Waals surface area contributed by atoms with E-state index in [1.807, 2.05) is 36.4 Å². The number of anilines is 1. The molecule has 1 N–H and O–H groups in total. The third kappa shape index (κ3) is 2.34. The van der Waals surface area contributed by atoms with Gasteiger partial charge in [0.25, 0.3) is 0 Å². The van der Waals surface area contributed by atoms with E-state index in [4.69, 9.17) is 9.84 Å². The standard InChI is InChI=1S/C15H17NO3/c1-10(15(17)18)16(2)13-8-4-7-12-11(13)6-5-9-14(12)19-3/h4-10H,1-3H3,(H,17,18). The van der Waals surface area contributed by atoms with E-state index in [2.05, 4.69) is 0 Å². The summed E-state index contributed by atoms with van der Waals surface area (Å²) in [6.07, 6.45) is 0. The van der Waals surface area contributed by atoms with Crippen LogP contribution in [-0.4, -0.2) is 31.3 Å². The fourth-order valence-corrected chi connectivity index (χ4v) is 2.12. The first-order valence-corrected chi connectivity index (χ1v) is 6.07. The van der Waals surface area contributed by atoms with Gasteiger partial charge in [-0.05, 0) is 19.1 Å². The van der Waals surface area contributed by atoms with E-state index >= 15 is 0 Å². The van der Waals surface area contributed by atoms with Crippen LogP contribution < -0.4 is 9.64 Å². The molecule has 0 aliphatic carbocycles. The van der Waals surface area contributed by atoms with Gasteiger partial charge in [0.05, 0.1) is 7.11 Å². The maximum atomic E-state index is 11.1. The number of rotatable bonds is 4. The first-order chi connectivity index (χ1) is 9.06. The van der Waals surface area contributed by atoms with Gasteiger partial charge in [0.2, 0.25) is 0 Å². The number of carbonyl (C=O) groups is 1. The van der Waals surface area contributed by atoms with Crippen LogP contribution in [0.2, 0.25) is 0 Å². The molecule has 2 rings (SSSR count). The molecule has 0 bridgehead atoms. The van der Waals surface area contributed by atoms with Crippen LogP contribution in [0.5, 0.6) is 5.75 Å². The van der Waals surface area contributed by atoms with Crippen molar-refractivity contribution < 1.29 is 14.6 Å². The van der Waals surface area contributed by atoms with Gasteiger partial charge in [-0.1, -0.05) is 24.3 Å². The molecule has 4 heteroatoms. The number of hydrogen-bond donors (Lipinski definition) is 1. The first-order valence-electron chi connectivity index (χ1n) is 6.07. The number of carboxylic acids is 1. The van der Waals surface area contributed by atoms with Crippen molar-refractivity contribution in [2.24, 2.45) is 0 Å². The van der Waals surface area contributed by atoms with E-state index in [1.54, 1.807) is 26.0 Å². The van der Waals surface area contributed by atoms with Crippen molar-refractivity contribution in [2.45, 2.75) is 13.0 Å². The molecule has 19 heavy (non-hydrogen) atoms. The number of benzene rings is 2. The summed E-state index contributed by atoms with van der Waals surface area (Å²) >= 11 is 0. The van der Waals surface area contributed by atoms with E-state index in [0.717, 1.165) is 22.2 Å². The van der Waals surface area contributed by atoms with Gasteiger partial charge < -0.3 is 14.7 Å². The van der Waals surface area contributed by atoms with Gasteiger partial charge >= 0.3 is 5.97 Å². The van der Waals surface area contributed by atoms with Gasteiger partial charge in [0.1, 0.15) is 11.8 Å². The highest BCUT2D eigenvalue weighted by molar-refractivity contribution is 5.99. The monoisotopic (exact) mass is 259 g/mol. The number of aliphatic carboxylic acids is 1. The van der Waals surface area contributed by atoms with Gasteiger partial charge in [0, 0.05) is 23.5 Å². The smallest absolute Gasteiger partial charge is 0.326 e. The number of fused-ring (bicyclic) bond motifs is 1. The third-order valence-electron chi connectivity index (χ3n) is 3.40. The number of nitrogens with zero attached hydrogens (tertiary/aromatic N) is 1. The molecule has 1 unspecified atom stereocenters. The molecule has 0 heterocycles. The number of carboxylic acid groups (broad SMARTS) is 1. The average Bonchev–Trinajstić information content (AvgIpc) is 2.44. The zero-order valence-electron chi connectivity index (χ0n) is 11.3. The Morgan fingerprint density at radius 2 is 1.84 bits per heavy atom. The summed E-state index contributed by atoms with van der Waals surface area (Å²) in [6, 6.07) is 11.0. The molecule has 0 saturated heterocycles. The maximum Gasteiger partial charge on any atom is 0.326 e. The fraction of sp³-hybridized carbons (Fsp3) is 0.267. The second-order valence-electron chi connectivity index (χ2n) is 4.46. The Hall–Kier alpha value is -2.23. The van der Waals surface area contributed by atoms with Crippen molar-refractivity contribution in [3.8, 4) is 5.75 Å². The van der Waals surface area contributed by atoms with E-state index < -0.39 is 12.0 Å². The van der Waals surface area contributed by atoms with E-state index in [0.29, 0.717) is 0 Å². The van der Waals surface area contributed by atoms with Crippen LogP contribution in [0.15, 0.2) is 36.4 Å². The summed E-state index contributed by atoms with van der Waals surface area (Å²) in [4.78, 5) is 12.9. The zero-order valence-corrected chi connectivity index (χ0v) is 11.3. The fourth-order valence-electron chi connectivity index (χ4n) is 2.12. The molecule has 0 radical (unpaired) electrons. The largest absolute Gasteiger partial charge is 0.496 e. The van der Waals surface area contributed by atoms with E-state index in [9.17, 15) is 4.79 Å². The van der Waals surface area contributed by atoms with Crippen LogP contribution in [0, 0.1) is 0 Å².